The van der Waals surface area contributed by atoms with Crippen molar-refractivity contribution in [2.75, 3.05) is 0 Å². The molecule has 0 aliphatic rings. The van der Waals surface area contributed by atoms with E-state index in [9.17, 15) is 0 Å². The molecule has 2 rings (SSSR count). The lowest BCUT2D eigenvalue weighted by Crippen LogP contribution is -2.10. The summed E-state index contributed by atoms with van der Waals surface area (Å²) in [5, 5.41) is 8.44. The van der Waals surface area contributed by atoms with Crippen LogP contribution in [0.1, 0.15) is 51.9 Å². The molecule has 0 aromatic carbocycles. The van der Waals surface area contributed by atoms with Crippen molar-refractivity contribution in [3.63, 3.8) is 0 Å². The molecule has 0 unspecified atom stereocenters. The highest BCUT2D eigenvalue weighted by Crippen LogP contribution is 2.22. The molecule has 2 heterocycles. The van der Waals surface area contributed by atoms with Crippen molar-refractivity contribution in [2.24, 2.45) is 5.41 Å². The first-order chi connectivity index (χ1) is 7.87. The van der Waals surface area contributed by atoms with Gasteiger partial charge in [0.2, 0.25) is 0 Å². The van der Waals surface area contributed by atoms with E-state index in [1.165, 1.54) is 5.56 Å². The van der Waals surface area contributed by atoms with Crippen molar-refractivity contribution < 1.29 is 0 Å². The normalized spacial score (nSPS) is 12.6. The number of nitrogens with zero attached hydrogens (tertiary/aromatic N) is 3. The SMILES string of the molecule is CC(C)c1nnc2ccc(CC(C)(C)C)cn12. The number of fused-ring (bicyclic) bond motifs is 1. The molecule has 0 atom stereocenters. The third-order valence-electron chi connectivity index (χ3n) is 2.74. The topological polar surface area (TPSA) is 30.2 Å². The lowest BCUT2D eigenvalue weighted by Gasteiger charge is -2.18. The lowest BCUT2D eigenvalue weighted by atomic mass is 9.89. The van der Waals surface area contributed by atoms with E-state index in [4.69, 9.17) is 0 Å². The van der Waals surface area contributed by atoms with Gasteiger partial charge in [-0.25, -0.2) is 0 Å². The number of rotatable bonds is 2. The fourth-order valence-electron chi connectivity index (χ4n) is 2.06. The minimum atomic E-state index is 0.305. The quantitative estimate of drug-likeness (QED) is 0.792. The molecule has 0 saturated heterocycles. The Balaban J connectivity index is 2.44. The van der Waals surface area contributed by atoms with Gasteiger partial charge in [-0.05, 0) is 23.5 Å². The van der Waals surface area contributed by atoms with Crippen LogP contribution in [-0.2, 0) is 6.42 Å². The van der Waals surface area contributed by atoms with E-state index < -0.39 is 0 Å². The van der Waals surface area contributed by atoms with E-state index in [1.54, 1.807) is 0 Å². The second-order valence-corrected chi connectivity index (χ2v) is 6.22. The molecule has 0 fully saturated rings. The van der Waals surface area contributed by atoms with Crippen LogP contribution in [0.15, 0.2) is 18.3 Å². The monoisotopic (exact) mass is 231 g/mol. The highest BCUT2D eigenvalue weighted by molar-refractivity contribution is 5.40. The van der Waals surface area contributed by atoms with Gasteiger partial charge in [-0.3, -0.25) is 4.40 Å². The van der Waals surface area contributed by atoms with Gasteiger partial charge in [0.05, 0.1) is 0 Å². The van der Waals surface area contributed by atoms with E-state index >= 15 is 0 Å². The maximum absolute atomic E-state index is 4.25. The maximum Gasteiger partial charge on any atom is 0.160 e. The second kappa shape index (κ2) is 4.13. The van der Waals surface area contributed by atoms with Crippen molar-refractivity contribution in [3.8, 4) is 0 Å². The fraction of sp³-hybridized carbons (Fsp3) is 0.571. The van der Waals surface area contributed by atoms with Crippen molar-refractivity contribution in [3.05, 3.63) is 29.7 Å². The molecule has 0 aliphatic carbocycles. The summed E-state index contributed by atoms with van der Waals surface area (Å²) in [4.78, 5) is 0. The van der Waals surface area contributed by atoms with Gasteiger partial charge >= 0.3 is 0 Å². The van der Waals surface area contributed by atoms with Gasteiger partial charge in [0.1, 0.15) is 5.82 Å². The summed E-state index contributed by atoms with van der Waals surface area (Å²) >= 11 is 0. The minimum absolute atomic E-state index is 0.305. The summed E-state index contributed by atoms with van der Waals surface area (Å²) in [7, 11) is 0. The first-order valence-electron chi connectivity index (χ1n) is 6.20. The van der Waals surface area contributed by atoms with Gasteiger partial charge in [0.25, 0.3) is 0 Å². The van der Waals surface area contributed by atoms with Crippen LogP contribution in [0.4, 0.5) is 0 Å². The Morgan fingerprint density at radius 2 is 1.88 bits per heavy atom. The first kappa shape index (κ1) is 12.1. The predicted octanol–water partition coefficient (Wildman–Crippen LogP) is 3.44. The van der Waals surface area contributed by atoms with Crippen LogP contribution < -0.4 is 0 Å². The Morgan fingerprint density at radius 3 is 2.47 bits per heavy atom. The average molecular weight is 231 g/mol. The second-order valence-electron chi connectivity index (χ2n) is 6.22. The lowest BCUT2D eigenvalue weighted by molar-refractivity contribution is 0.410. The van der Waals surface area contributed by atoms with Crippen LogP contribution in [0.2, 0.25) is 0 Å². The number of pyridine rings is 1. The number of aromatic nitrogens is 3. The molecule has 17 heavy (non-hydrogen) atoms. The highest BCUT2D eigenvalue weighted by atomic mass is 15.2. The van der Waals surface area contributed by atoms with E-state index in [2.05, 4.69) is 67.5 Å². The average Bonchev–Trinajstić information content (AvgIpc) is 2.57. The van der Waals surface area contributed by atoms with Gasteiger partial charge in [0.15, 0.2) is 5.65 Å². The molecule has 3 heteroatoms. The molecule has 2 aromatic rings. The smallest absolute Gasteiger partial charge is 0.160 e. The zero-order valence-electron chi connectivity index (χ0n) is 11.4. The van der Waals surface area contributed by atoms with Gasteiger partial charge in [-0.2, -0.15) is 0 Å². The van der Waals surface area contributed by atoms with Crippen molar-refractivity contribution in [1.82, 2.24) is 14.6 Å². The van der Waals surface area contributed by atoms with Crippen LogP contribution in [0.25, 0.3) is 5.65 Å². The van der Waals surface area contributed by atoms with Crippen LogP contribution in [-0.4, -0.2) is 14.6 Å². The van der Waals surface area contributed by atoms with Crippen molar-refractivity contribution >= 4 is 5.65 Å². The van der Waals surface area contributed by atoms with Gasteiger partial charge in [0, 0.05) is 12.1 Å². The van der Waals surface area contributed by atoms with E-state index in [0.29, 0.717) is 11.3 Å². The maximum atomic E-state index is 4.25. The Morgan fingerprint density at radius 1 is 1.18 bits per heavy atom. The van der Waals surface area contributed by atoms with Gasteiger partial charge < -0.3 is 0 Å². The molecule has 92 valence electrons. The minimum Gasteiger partial charge on any atom is -0.286 e. The van der Waals surface area contributed by atoms with Crippen LogP contribution in [0.5, 0.6) is 0 Å². The van der Waals surface area contributed by atoms with Gasteiger partial charge in [-0.1, -0.05) is 40.7 Å². The Hall–Kier alpha value is -1.38. The van der Waals surface area contributed by atoms with Crippen molar-refractivity contribution in [2.45, 2.75) is 47.0 Å². The fourth-order valence-corrected chi connectivity index (χ4v) is 2.06. The van der Waals surface area contributed by atoms with Crippen molar-refractivity contribution in [1.29, 1.82) is 0 Å². The summed E-state index contributed by atoms with van der Waals surface area (Å²) in [6, 6.07) is 4.21. The van der Waals surface area contributed by atoms with Gasteiger partial charge in [-0.15, -0.1) is 10.2 Å². The third-order valence-corrected chi connectivity index (χ3v) is 2.74. The summed E-state index contributed by atoms with van der Waals surface area (Å²) in [6.07, 6.45) is 3.24. The standard InChI is InChI=1S/C14H21N3/c1-10(2)13-16-15-12-7-6-11(9-17(12)13)8-14(3,4)5/h6-7,9-10H,8H2,1-5H3. The van der Waals surface area contributed by atoms with Crippen LogP contribution >= 0.6 is 0 Å². The molecular weight excluding hydrogens is 210 g/mol. The summed E-state index contributed by atoms with van der Waals surface area (Å²) in [6.45, 7) is 11.1. The van der Waals surface area contributed by atoms with E-state index in [-0.39, 0.29) is 0 Å². The van der Waals surface area contributed by atoms with E-state index in [1.807, 2.05) is 0 Å². The number of hydrogen-bond acceptors (Lipinski definition) is 2. The Kier molecular flexibility index (Phi) is 2.94. The zero-order chi connectivity index (χ0) is 12.6. The molecule has 0 bridgehead atoms. The van der Waals surface area contributed by atoms with Crippen LogP contribution in [0, 0.1) is 5.41 Å². The number of hydrogen-bond donors (Lipinski definition) is 0. The summed E-state index contributed by atoms with van der Waals surface area (Å²) in [5.41, 5.74) is 2.58. The first-order valence-corrected chi connectivity index (χ1v) is 6.20. The molecule has 2 aromatic heterocycles. The highest BCUT2D eigenvalue weighted by Gasteiger charge is 2.14. The molecule has 0 radical (unpaired) electrons. The molecular formula is C14H21N3. The Labute approximate surface area is 103 Å². The Bertz CT molecular complexity index is 518. The summed E-state index contributed by atoms with van der Waals surface area (Å²) < 4.78 is 2.12. The molecule has 0 amide bonds. The van der Waals surface area contributed by atoms with E-state index in [0.717, 1.165) is 17.9 Å². The molecule has 3 nitrogen and oxygen atoms in total. The molecule has 0 spiro atoms. The summed E-state index contributed by atoms with van der Waals surface area (Å²) in [5.74, 6) is 1.44. The van der Waals surface area contributed by atoms with Crippen LogP contribution in [0.3, 0.4) is 0 Å². The third kappa shape index (κ3) is 2.65. The predicted molar refractivity (Wildman–Crippen MR) is 70.2 cm³/mol. The molecule has 0 N–H and O–H groups in total. The molecule has 0 aliphatic heterocycles. The largest absolute Gasteiger partial charge is 0.286 e. The molecule has 0 saturated carbocycles. The zero-order valence-corrected chi connectivity index (χ0v) is 11.4.